The molecule has 0 unspecified atom stereocenters. The van der Waals surface area contributed by atoms with Crippen molar-refractivity contribution in [3.63, 3.8) is 0 Å². The largest absolute Gasteiger partial charge is 0.272 e. The van der Waals surface area contributed by atoms with Crippen molar-refractivity contribution >= 4 is 23.9 Å². The van der Waals surface area contributed by atoms with Crippen LogP contribution in [-0.2, 0) is 10.5 Å². The molecule has 0 aliphatic heterocycles. The monoisotopic (exact) mass is 309 g/mol. The Labute approximate surface area is 133 Å². The summed E-state index contributed by atoms with van der Waals surface area (Å²) in [7, 11) is 0. The third-order valence-corrected chi connectivity index (χ3v) is 3.79. The number of hydrazone groups is 1. The van der Waals surface area contributed by atoms with Crippen LogP contribution < -0.4 is 5.43 Å². The van der Waals surface area contributed by atoms with Gasteiger partial charge in [0.25, 0.3) is 0 Å². The minimum absolute atomic E-state index is 0.133. The number of nitriles is 1. The van der Waals surface area contributed by atoms with Crippen molar-refractivity contribution in [2.45, 2.75) is 5.75 Å². The number of rotatable bonds is 6. The van der Waals surface area contributed by atoms with E-state index < -0.39 is 0 Å². The lowest BCUT2D eigenvalue weighted by molar-refractivity contribution is -0.118. The Morgan fingerprint density at radius 3 is 2.59 bits per heavy atom. The van der Waals surface area contributed by atoms with Crippen LogP contribution in [0.4, 0.5) is 0 Å². The van der Waals surface area contributed by atoms with Gasteiger partial charge < -0.3 is 0 Å². The number of nitrogens with one attached hydrogen (secondary N) is 1. The van der Waals surface area contributed by atoms with Crippen LogP contribution >= 0.6 is 11.8 Å². The summed E-state index contributed by atoms with van der Waals surface area (Å²) >= 11 is 1.54. The standard InChI is InChI=1S/C17H15N3OS/c18-10-14-6-8-15(9-7-14)11-19-20-17(21)13-22-12-16-4-2-1-3-5-16/h1-9,11H,12-13H2,(H,20,21)/b19-11+. The summed E-state index contributed by atoms with van der Waals surface area (Å²) in [6.07, 6.45) is 1.56. The zero-order chi connectivity index (χ0) is 15.6. The van der Waals surface area contributed by atoms with Crippen molar-refractivity contribution in [2.24, 2.45) is 5.10 Å². The van der Waals surface area contributed by atoms with Crippen molar-refractivity contribution in [1.29, 1.82) is 5.26 Å². The molecule has 22 heavy (non-hydrogen) atoms. The Balaban J connectivity index is 1.70. The smallest absolute Gasteiger partial charge is 0.250 e. The van der Waals surface area contributed by atoms with Gasteiger partial charge in [-0.2, -0.15) is 10.4 Å². The number of nitrogens with zero attached hydrogens (tertiary/aromatic N) is 2. The fraction of sp³-hybridized carbons (Fsp3) is 0.118. The first-order chi connectivity index (χ1) is 10.8. The average molecular weight is 309 g/mol. The molecule has 0 fully saturated rings. The van der Waals surface area contributed by atoms with Crippen LogP contribution in [0.2, 0.25) is 0 Å². The lowest BCUT2D eigenvalue weighted by atomic mass is 10.2. The molecule has 0 aliphatic carbocycles. The van der Waals surface area contributed by atoms with Gasteiger partial charge in [-0.1, -0.05) is 42.5 Å². The average Bonchev–Trinajstić information content (AvgIpc) is 2.56. The van der Waals surface area contributed by atoms with Crippen LogP contribution in [0.1, 0.15) is 16.7 Å². The molecule has 0 saturated heterocycles. The molecule has 0 bridgehead atoms. The molecular weight excluding hydrogens is 294 g/mol. The van der Waals surface area contributed by atoms with Gasteiger partial charge in [0.1, 0.15) is 0 Å². The Bertz CT molecular complexity index is 675. The first-order valence-electron chi connectivity index (χ1n) is 6.71. The summed E-state index contributed by atoms with van der Waals surface area (Å²) in [4.78, 5) is 11.6. The molecule has 1 amide bonds. The number of hydrogen-bond acceptors (Lipinski definition) is 4. The molecule has 0 spiro atoms. The van der Waals surface area contributed by atoms with E-state index in [0.717, 1.165) is 11.3 Å². The van der Waals surface area contributed by atoms with E-state index in [2.05, 4.69) is 10.5 Å². The zero-order valence-corrected chi connectivity index (χ0v) is 12.7. The first-order valence-corrected chi connectivity index (χ1v) is 7.87. The minimum atomic E-state index is -0.133. The second-order valence-electron chi connectivity index (χ2n) is 4.51. The molecule has 0 atom stereocenters. The summed E-state index contributed by atoms with van der Waals surface area (Å²) in [6, 6.07) is 19.0. The van der Waals surface area contributed by atoms with Crippen LogP contribution in [0, 0.1) is 11.3 Å². The maximum absolute atomic E-state index is 11.6. The van der Waals surface area contributed by atoms with E-state index in [1.807, 2.05) is 36.4 Å². The summed E-state index contributed by atoms with van der Waals surface area (Å²) in [5, 5.41) is 12.6. The van der Waals surface area contributed by atoms with E-state index in [-0.39, 0.29) is 5.91 Å². The van der Waals surface area contributed by atoms with Crippen LogP contribution in [0.3, 0.4) is 0 Å². The molecule has 110 valence electrons. The molecular formula is C17H15N3OS. The molecule has 0 radical (unpaired) electrons. The number of carbonyl (C=O) groups excluding carboxylic acids is 1. The number of thioether (sulfide) groups is 1. The highest BCUT2D eigenvalue weighted by molar-refractivity contribution is 7.99. The minimum Gasteiger partial charge on any atom is -0.272 e. The summed E-state index contributed by atoms with van der Waals surface area (Å²) < 4.78 is 0. The Kier molecular flexibility index (Phi) is 6.21. The highest BCUT2D eigenvalue weighted by Crippen LogP contribution is 2.10. The quantitative estimate of drug-likeness (QED) is 0.659. The van der Waals surface area contributed by atoms with Gasteiger partial charge >= 0.3 is 0 Å². The highest BCUT2D eigenvalue weighted by atomic mass is 32.2. The number of hydrogen-bond donors (Lipinski definition) is 1. The number of amides is 1. The van der Waals surface area contributed by atoms with E-state index >= 15 is 0 Å². The van der Waals surface area contributed by atoms with Crippen molar-refractivity contribution in [3.05, 3.63) is 71.3 Å². The number of carbonyl (C=O) groups is 1. The highest BCUT2D eigenvalue weighted by Gasteiger charge is 2.00. The lowest BCUT2D eigenvalue weighted by Crippen LogP contribution is -2.19. The van der Waals surface area contributed by atoms with Gasteiger partial charge in [0.15, 0.2) is 0 Å². The SMILES string of the molecule is N#Cc1ccc(/C=N/NC(=O)CSCc2ccccc2)cc1. The van der Waals surface area contributed by atoms with E-state index in [1.54, 1.807) is 42.2 Å². The predicted molar refractivity (Wildman–Crippen MR) is 89.5 cm³/mol. The topological polar surface area (TPSA) is 65.2 Å². The Morgan fingerprint density at radius 2 is 1.91 bits per heavy atom. The fourth-order valence-corrected chi connectivity index (χ4v) is 2.47. The number of benzene rings is 2. The fourth-order valence-electron chi connectivity index (χ4n) is 1.69. The molecule has 4 nitrogen and oxygen atoms in total. The Hall–Kier alpha value is -2.58. The molecule has 2 aromatic rings. The van der Waals surface area contributed by atoms with Crippen LogP contribution in [0.25, 0.3) is 0 Å². The maximum Gasteiger partial charge on any atom is 0.250 e. The van der Waals surface area contributed by atoms with Gasteiger partial charge in [-0.25, -0.2) is 5.43 Å². The first kappa shape index (κ1) is 15.8. The summed E-state index contributed by atoms with van der Waals surface area (Å²) in [6.45, 7) is 0. The molecule has 0 heterocycles. The van der Waals surface area contributed by atoms with Crippen LogP contribution in [0.5, 0.6) is 0 Å². The second kappa shape index (κ2) is 8.65. The third-order valence-electron chi connectivity index (χ3n) is 2.79. The molecule has 0 aromatic heterocycles. The molecule has 0 saturated carbocycles. The predicted octanol–water partition coefficient (Wildman–Crippen LogP) is 2.94. The van der Waals surface area contributed by atoms with Gasteiger partial charge in [-0.3, -0.25) is 4.79 Å². The molecule has 2 rings (SSSR count). The lowest BCUT2D eigenvalue weighted by Gasteiger charge is -2.01. The van der Waals surface area contributed by atoms with Crippen molar-refractivity contribution in [2.75, 3.05) is 5.75 Å². The maximum atomic E-state index is 11.6. The van der Waals surface area contributed by atoms with E-state index in [4.69, 9.17) is 5.26 Å². The third kappa shape index (κ3) is 5.43. The summed E-state index contributed by atoms with van der Waals surface area (Å²) in [5.41, 5.74) is 5.11. The van der Waals surface area contributed by atoms with Gasteiger partial charge in [0.2, 0.25) is 5.91 Å². The molecule has 0 aliphatic rings. The van der Waals surface area contributed by atoms with E-state index in [0.29, 0.717) is 11.3 Å². The normalized spacial score (nSPS) is 10.3. The van der Waals surface area contributed by atoms with E-state index in [1.165, 1.54) is 5.56 Å². The van der Waals surface area contributed by atoms with Crippen molar-refractivity contribution in [3.8, 4) is 6.07 Å². The molecule has 5 heteroatoms. The zero-order valence-electron chi connectivity index (χ0n) is 11.9. The molecule has 2 aromatic carbocycles. The van der Waals surface area contributed by atoms with Gasteiger partial charge in [0.05, 0.1) is 23.6 Å². The van der Waals surface area contributed by atoms with Gasteiger partial charge in [0, 0.05) is 5.75 Å². The second-order valence-corrected chi connectivity index (χ2v) is 5.49. The summed E-state index contributed by atoms with van der Waals surface area (Å²) in [5.74, 6) is 1.03. The van der Waals surface area contributed by atoms with Gasteiger partial charge in [-0.15, -0.1) is 11.8 Å². The van der Waals surface area contributed by atoms with Crippen LogP contribution in [0.15, 0.2) is 59.7 Å². The van der Waals surface area contributed by atoms with Gasteiger partial charge in [-0.05, 0) is 23.3 Å². The van der Waals surface area contributed by atoms with Crippen molar-refractivity contribution in [1.82, 2.24) is 5.43 Å². The van der Waals surface area contributed by atoms with Crippen molar-refractivity contribution < 1.29 is 4.79 Å². The molecule has 1 N–H and O–H groups in total. The Morgan fingerprint density at radius 1 is 1.18 bits per heavy atom. The van der Waals surface area contributed by atoms with E-state index in [9.17, 15) is 4.79 Å². The van der Waals surface area contributed by atoms with Crippen LogP contribution in [-0.4, -0.2) is 17.9 Å².